The van der Waals surface area contributed by atoms with E-state index in [0.29, 0.717) is 38.3 Å². The molecular formula is C23H21N3O3S2. The molecule has 4 rings (SSSR count). The van der Waals surface area contributed by atoms with Crippen LogP contribution in [-0.4, -0.2) is 40.0 Å². The summed E-state index contributed by atoms with van der Waals surface area (Å²) in [6.45, 7) is 4.37. The number of nitrogens with zero attached hydrogens (tertiary/aromatic N) is 2. The fourth-order valence-corrected chi connectivity index (χ4v) is 4.94. The number of hydrogen-bond donors (Lipinski definition) is 1. The molecule has 1 N–H and O–H groups in total. The van der Waals surface area contributed by atoms with E-state index in [4.69, 9.17) is 12.2 Å². The van der Waals surface area contributed by atoms with Crippen molar-refractivity contribution >= 4 is 63.0 Å². The van der Waals surface area contributed by atoms with Crippen LogP contribution in [0.3, 0.4) is 0 Å². The number of hydrogen-bond acceptors (Lipinski definition) is 5. The fourth-order valence-electron chi connectivity index (χ4n) is 3.59. The van der Waals surface area contributed by atoms with Gasteiger partial charge in [-0.05, 0) is 24.1 Å². The molecule has 2 aliphatic rings. The van der Waals surface area contributed by atoms with Crippen molar-refractivity contribution in [1.82, 2.24) is 4.90 Å². The molecule has 0 aromatic heterocycles. The molecule has 0 bridgehead atoms. The van der Waals surface area contributed by atoms with E-state index in [2.05, 4.69) is 5.32 Å². The van der Waals surface area contributed by atoms with E-state index in [1.54, 1.807) is 35.2 Å². The summed E-state index contributed by atoms with van der Waals surface area (Å²) in [4.78, 5) is 42.4. The molecule has 2 heterocycles. The third-order valence-electron chi connectivity index (χ3n) is 4.91. The maximum atomic E-state index is 13.4. The number of thiocarbonyl (C=S) groups is 1. The quantitative estimate of drug-likeness (QED) is 0.552. The number of para-hydroxylation sites is 2. The Bertz CT molecular complexity index is 1110. The Hall–Kier alpha value is -2.97. The number of carbonyl (C=O) groups excluding carboxylic acids is 3. The Balaban J connectivity index is 1.65. The van der Waals surface area contributed by atoms with Crippen LogP contribution in [0.25, 0.3) is 5.57 Å². The van der Waals surface area contributed by atoms with E-state index >= 15 is 0 Å². The van der Waals surface area contributed by atoms with Gasteiger partial charge in [0.1, 0.15) is 10.9 Å². The molecule has 3 amide bonds. The summed E-state index contributed by atoms with van der Waals surface area (Å²) in [7, 11) is 0. The van der Waals surface area contributed by atoms with E-state index < -0.39 is 0 Å². The molecule has 1 fully saturated rings. The van der Waals surface area contributed by atoms with Crippen LogP contribution in [-0.2, 0) is 14.4 Å². The molecule has 0 saturated carbocycles. The standard InChI is InChI=1S/C23H21N3O3S2/c1-14(2)12-26-22(29)20(31-23(26)30)19-16-10-6-7-11-17(16)25(21(19)28)13-18(27)24-15-8-4-3-5-9-15/h3-11,14H,12-13H2,1-2H3,(H,24,27). The molecule has 158 valence electrons. The van der Waals surface area contributed by atoms with Gasteiger partial charge in [0.15, 0.2) is 0 Å². The van der Waals surface area contributed by atoms with Crippen LogP contribution < -0.4 is 10.2 Å². The number of carbonyl (C=O) groups is 3. The van der Waals surface area contributed by atoms with Crippen LogP contribution in [0.1, 0.15) is 19.4 Å². The van der Waals surface area contributed by atoms with Crippen molar-refractivity contribution in [2.45, 2.75) is 13.8 Å². The largest absolute Gasteiger partial charge is 0.325 e. The number of anilines is 2. The third kappa shape index (κ3) is 4.13. The van der Waals surface area contributed by atoms with Gasteiger partial charge in [0, 0.05) is 17.8 Å². The highest BCUT2D eigenvalue weighted by Gasteiger charge is 2.42. The number of benzene rings is 2. The van der Waals surface area contributed by atoms with Gasteiger partial charge in [-0.2, -0.15) is 0 Å². The molecule has 31 heavy (non-hydrogen) atoms. The maximum absolute atomic E-state index is 13.4. The summed E-state index contributed by atoms with van der Waals surface area (Å²) in [6, 6.07) is 16.3. The predicted molar refractivity (Wildman–Crippen MR) is 128 cm³/mol. The number of thioether (sulfide) groups is 1. The zero-order valence-corrected chi connectivity index (χ0v) is 18.8. The molecule has 2 aliphatic heterocycles. The zero-order valence-electron chi connectivity index (χ0n) is 17.1. The topological polar surface area (TPSA) is 69.7 Å². The number of rotatable bonds is 5. The SMILES string of the molecule is CC(C)CN1C(=O)C(=C2C(=O)N(CC(=O)Nc3ccccc3)c3ccccc32)SC1=S. The number of nitrogens with one attached hydrogen (secondary N) is 1. The first-order valence-electron chi connectivity index (χ1n) is 9.91. The Morgan fingerprint density at radius 2 is 1.68 bits per heavy atom. The van der Waals surface area contributed by atoms with Crippen LogP contribution in [0.15, 0.2) is 59.5 Å². The van der Waals surface area contributed by atoms with Crippen LogP contribution in [0, 0.1) is 5.92 Å². The summed E-state index contributed by atoms with van der Waals surface area (Å²) in [5.74, 6) is -0.688. The summed E-state index contributed by atoms with van der Waals surface area (Å²) in [6.07, 6.45) is 0. The van der Waals surface area contributed by atoms with Gasteiger partial charge in [-0.3, -0.25) is 24.2 Å². The fraction of sp³-hybridized carbons (Fsp3) is 0.217. The number of fused-ring (bicyclic) bond motifs is 1. The lowest BCUT2D eigenvalue weighted by Gasteiger charge is -2.17. The van der Waals surface area contributed by atoms with Crippen molar-refractivity contribution in [3.63, 3.8) is 0 Å². The highest BCUT2D eigenvalue weighted by Crippen LogP contribution is 2.44. The van der Waals surface area contributed by atoms with E-state index in [0.717, 1.165) is 11.8 Å². The molecule has 0 unspecified atom stereocenters. The molecule has 2 aromatic carbocycles. The van der Waals surface area contributed by atoms with E-state index in [1.165, 1.54) is 4.90 Å². The molecule has 8 heteroatoms. The predicted octanol–water partition coefficient (Wildman–Crippen LogP) is 3.90. The Morgan fingerprint density at radius 1 is 1.00 bits per heavy atom. The van der Waals surface area contributed by atoms with Gasteiger partial charge in [0.25, 0.3) is 11.8 Å². The first kappa shape index (κ1) is 21.3. The van der Waals surface area contributed by atoms with Gasteiger partial charge in [-0.15, -0.1) is 0 Å². The highest BCUT2D eigenvalue weighted by molar-refractivity contribution is 8.26. The minimum absolute atomic E-state index is 0.152. The molecule has 0 atom stereocenters. The lowest BCUT2D eigenvalue weighted by molar-refractivity contribution is -0.122. The first-order chi connectivity index (χ1) is 14.9. The van der Waals surface area contributed by atoms with Gasteiger partial charge in [0.2, 0.25) is 5.91 Å². The first-order valence-corrected chi connectivity index (χ1v) is 11.1. The second-order valence-corrected chi connectivity index (χ2v) is 9.35. The van der Waals surface area contributed by atoms with Crippen molar-refractivity contribution in [3.8, 4) is 0 Å². The van der Waals surface area contributed by atoms with Crippen molar-refractivity contribution < 1.29 is 14.4 Å². The summed E-state index contributed by atoms with van der Waals surface area (Å²) in [5.41, 5.74) is 2.22. The van der Waals surface area contributed by atoms with Gasteiger partial charge in [-0.1, -0.05) is 74.2 Å². The lowest BCUT2D eigenvalue weighted by Crippen LogP contribution is -2.35. The van der Waals surface area contributed by atoms with E-state index in [9.17, 15) is 14.4 Å². The second-order valence-electron chi connectivity index (χ2n) is 7.70. The summed E-state index contributed by atoms with van der Waals surface area (Å²) >= 11 is 6.55. The van der Waals surface area contributed by atoms with Gasteiger partial charge < -0.3 is 5.32 Å². The summed E-state index contributed by atoms with van der Waals surface area (Å²) in [5, 5.41) is 2.80. The average Bonchev–Trinajstić information content (AvgIpc) is 3.16. The van der Waals surface area contributed by atoms with Gasteiger partial charge in [-0.25, -0.2) is 0 Å². The normalized spacial score (nSPS) is 18.2. The molecule has 0 radical (unpaired) electrons. The highest BCUT2D eigenvalue weighted by atomic mass is 32.2. The van der Waals surface area contributed by atoms with Crippen LogP contribution in [0.2, 0.25) is 0 Å². The molecule has 1 saturated heterocycles. The monoisotopic (exact) mass is 451 g/mol. The van der Waals surface area contributed by atoms with Crippen molar-refractivity contribution in [1.29, 1.82) is 0 Å². The van der Waals surface area contributed by atoms with Gasteiger partial charge in [0.05, 0.1) is 16.2 Å². The molecule has 0 aliphatic carbocycles. The van der Waals surface area contributed by atoms with Crippen LogP contribution >= 0.6 is 24.0 Å². The smallest absolute Gasteiger partial charge is 0.267 e. The minimum Gasteiger partial charge on any atom is -0.325 e. The zero-order chi connectivity index (χ0) is 22.1. The van der Waals surface area contributed by atoms with Crippen molar-refractivity contribution in [2.24, 2.45) is 5.92 Å². The Labute approximate surface area is 190 Å². The summed E-state index contributed by atoms with van der Waals surface area (Å²) < 4.78 is 0.451. The Kier molecular flexibility index (Phi) is 5.93. The van der Waals surface area contributed by atoms with E-state index in [1.807, 2.05) is 38.1 Å². The molecule has 2 aromatic rings. The lowest BCUT2D eigenvalue weighted by atomic mass is 10.1. The van der Waals surface area contributed by atoms with Gasteiger partial charge >= 0.3 is 0 Å². The van der Waals surface area contributed by atoms with Crippen LogP contribution in [0.4, 0.5) is 11.4 Å². The molecule has 0 spiro atoms. The average molecular weight is 452 g/mol. The van der Waals surface area contributed by atoms with E-state index in [-0.39, 0.29) is 30.2 Å². The maximum Gasteiger partial charge on any atom is 0.267 e. The van der Waals surface area contributed by atoms with Crippen LogP contribution in [0.5, 0.6) is 0 Å². The van der Waals surface area contributed by atoms with Crippen molar-refractivity contribution in [3.05, 3.63) is 65.1 Å². The number of amides is 3. The molecule has 6 nitrogen and oxygen atoms in total. The Morgan fingerprint density at radius 3 is 2.39 bits per heavy atom. The minimum atomic E-state index is -0.366. The third-order valence-corrected chi connectivity index (χ3v) is 6.35. The second kappa shape index (κ2) is 8.64. The molecular weight excluding hydrogens is 430 g/mol. The van der Waals surface area contributed by atoms with Crippen molar-refractivity contribution in [2.75, 3.05) is 23.3 Å².